The molecule has 1 aliphatic rings. The number of hydrogen-bond donors (Lipinski definition) is 2. The maximum Gasteiger partial charge on any atom is 0.0546 e. The van der Waals surface area contributed by atoms with Crippen LogP contribution in [0.15, 0.2) is 35.0 Å². The van der Waals surface area contributed by atoms with Crippen LogP contribution in [0.2, 0.25) is 0 Å². The van der Waals surface area contributed by atoms with Crippen LogP contribution in [0.4, 0.5) is 0 Å². The SMILES string of the molecule is OC1CC(CNC(Cc2cccs2)c2cccs2)C1. The lowest BCUT2D eigenvalue weighted by molar-refractivity contribution is 0.0419. The van der Waals surface area contributed by atoms with Gasteiger partial charge in [-0.2, -0.15) is 0 Å². The highest BCUT2D eigenvalue weighted by Gasteiger charge is 2.27. The van der Waals surface area contributed by atoms with Crippen molar-refractivity contribution in [3.8, 4) is 0 Å². The number of thiophene rings is 2. The Morgan fingerprint density at radius 3 is 2.63 bits per heavy atom. The van der Waals surface area contributed by atoms with E-state index in [-0.39, 0.29) is 6.10 Å². The van der Waals surface area contributed by atoms with Gasteiger partial charge in [-0.05, 0) is 48.2 Å². The zero-order valence-electron chi connectivity index (χ0n) is 10.8. The summed E-state index contributed by atoms with van der Waals surface area (Å²) in [6.07, 6.45) is 2.93. The van der Waals surface area contributed by atoms with Gasteiger partial charge >= 0.3 is 0 Å². The third kappa shape index (κ3) is 3.45. The zero-order chi connectivity index (χ0) is 13.1. The molecule has 1 fully saturated rings. The molecule has 2 nitrogen and oxygen atoms in total. The normalized spacial score (nSPS) is 24.1. The van der Waals surface area contributed by atoms with Crippen LogP contribution < -0.4 is 5.32 Å². The van der Waals surface area contributed by atoms with E-state index in [4.69, 9.17) is 0 Å². The van der Waals surface area contributed by atoms with Crippen LogP contribution in [-0.2, 0) is 6.42 Å². The first kappa shape index (κ1) is 13.3. The second-order valence-electron chi connectivity index (χ2n) is 5.25. The molecule has 1 atom stereocenters. The van der Waals surface area contributed by atoms with Gasteiger partial charge in [0.15, 0.2) is 0 Å². The van der Waals surface area contributed by atoms with Crippen LogP contribution in [0.5, 0.6) is 0 Å². The number of hydrogen-bond acceptors (Lipinski definition) is 4. The molecular formula is C15H19NOS2. The highest BCUT2D eigenvalue weighted by atomic mass is 32.1. The first-order chi connectivity index (χ1) is 9.31. The molecule has 0 spiro atoms. The van der Waals surface area contributed by atoms with Crippen LogP contribution in [0.1, 0.15) is 28.6 Å². The molecule has 0 bridgehead atoms. The predicted molar refractivity (Wildman–Crippen MR) is 81.8 cm³/mol. The molecule has 1 aliphatic carbocycles. The Morgan fingerprint density at radius 1 is 1.21 bits per heavy atom. The lowest BCUT2D eigenvalue weighted by atomic mass is 9.82. The first-order valence-corrected chi connectivity index (χ1v) is 8.54. The molecule has 0 aliphatic heterocycles. The average Bonchev–Trinajstić information content (AvgIpc) is 3.03. The second kappa shape index (κ2) is 6.18. The topological polar surface area (TPSA) is 32.3 Å². The van der Waals surface area contributed by atoms with Crippen LogP contribution in [-0.4, -0.2) is 17.8 Å². The second-order valence-corrected chi connectivity index (χ2v) is 7.26. The minimum absolute atomic E-state index is 0.0516. The van der Waals surface area contributed by atoms with E-state index in [1.807, 2.05) is 22.7 Å². The molecule has 0 amide bonds. The first-order valence-electron chi connectivity index (χ1n) is 6.78. The zero-order valence-corrected chi connectivity index (χ0v) is 12.4. The quantitative estimate of drug-likeness (QED) is 0.855. The summed E-state index contributed by atoms with van der Waals surface area (Å²) in [5.74, 6) is 0.654. The van der Waals surface area contributed by atoms with Gasteiger partial charge in [0.2, 0.25) is 0 Å². The van der Waals surface area contributed by atoms with E-state index in [1.165, 1.54) is 9.75 Å². The van der Waals surface area contributed by atoms with Crippen molar-refractivity contribution < 1.29 is 5.11 Å². The van der Waals surface area contributed by atoms with Crippen molar-refractivity contribution in [2.45, 2.75) is 31.4 Å². The Hall–Kier alpha value is -0.680. The van der Waals surface area contributed by atoms with Crippen molar-refractivity contribution in [3.63, 3.8) is 0 Å². The fourth-order valence-electron chi connectivity index (χ4n) is 2.57. The highest BCUT2D eigenvalue weighted by Crippen LogP contribution is 2.29. The fraction of sp³-hybridized carbons (Fsp3) is 0.467. The van der Waals surface area contributed by atoms with Gasteiger partial charge in [0.25, 0.3) is 0 Å². The third-order valence-electron chi connectivity index (χ3n) is 3.74. The van der Waals surface area contributed by atoms with Gasteiger partial charge < -0.3 is 10.4 Å². The summed E-state index contributed by atoms with van der Waals surface area (Å²) in [6, 6.07) is 9.08. The smallest absolute Gasteiger partial charge is 0.0546 e. The van der Waals surface area contributed by atoms with E-state index < -0.39 is 0 Å². The van der Waals surface area contributed by atoms with Gasteiger partial charge in [-0.1, -0.05) is 12.1 Å². The molecule has 4 heteroatoms. The van der Waals surface area contributed by atoms with Crippen molar-refractivity contribution >= 4 is 22.7 Å². The van der Waals surface area contributed by atoms with E-state index in [9.17, 15) is 5.11 Å². The monoisotopic (exact) mass is 293 g/mol. The Balaban J connectivity index is 1.59. The summed E-state index contributed by atoms with van der Waals surface area (Å²) in [5, 5.41) is 17.3. The van der Waals surface area contributed by atoms with E-state index in [0.717, 1.165) is 25.8 Å². The van der Waals surface area contributed by atoms with E-state index >= 15 is 0 Å². The Bertz CT molecular complexity index is 474. The van der Waals surface area contributed by atoms with Crippen LogP contribution in [0, 0.1) is 5.92 Å². The van der Waals surface area contributed by atoms with Gasteiger partial charge in [-0.15, -0.1) is 22.7 Å². The van der Waals surface area contributed by atoms with Crippen molar-refractivity contribution in [2.24, 2.45) is 5.92 Å². The molecule has 2 N–H and O–H groups in total. The lowest BCUT2D eigenvalue weighted by Gasteiger charge is -2.32. The van der Waals surface area contributed by atoms with Crippen molar-refractivity contribution in [1.29, 1.82) is 0 Å². The average molecular weight is 293 g/mol. The summed E-state index contributed by atoms with van der Waals surface area (Å²) in [4.78, 5) is 2.84. The summed E-state index contributed by atoms with van der Waals surface area (Å²) < 4.78 is 0. The molecule has 3 rings (SSSR count). The standard InChI is InChI=1S/C15H19NOS2/c17-12-7-11(8-12)10-16-14(15-4-2-6-19-15)9-13-3-1-5-18-13/h1-6,11-12,14,16-17H,7-10H2. The highest BCUT2D eigenvalue weighted by molar-refractivity contribution is 7.10. The van der Waals surface area contributed by atoms with Crippen LogP contribution in [0.3, 0.4) is 0 Å². The maximum atomic E-state index is 9.35. The van der Waals surface area contributed by atoms with Crippen molar-refractivity contribution in [3.05, 3.63) is 44.8 Å². The summed E-state index contributed by atoms with van der Waals surface area (Å²) in [5.41, 5.74) is 0. The fourth-order valence-corrected chi connectivity index (χ4v) is 4.12. The third-order valence-corrected chi connectivity index (χ3v) is 5.62. The Morgan fingerprint density at radius 2 is 2.00 bits per heavy atom. The minimum Gasteiger partial charge on any atom is -0.393 e. The van der Waals surface area contributed by atoms with Gasteiger partial charge in [0.1, 0.15) is 0 Å². The molecule has 2 aromatic rings. The van der Waals surface area contributed by atoms with Gasteiger partial charge in [-0.25, -0.2) is 0 Å². The number of rotatable bonds is 6. The molecule has 1 unspecified atom stereocenters. The summed E-state index contributed by atoms with van der Waals surface area (Å²) in [6.45, 7) is 1.02. The molecule has 2 heterocycles. The number of aliphatic hydroxyl groups is 1. The maximum absolute atomic E-state index is 9.35. The van der Waals surface area contributed by atoms with E-state index in [0.29, 0.717) is 12.0 Å². The largest absolute Gasteiger partial charge is 0.393 e. The van der Waals surface area contributed by atoms with Crippen LogP contribution >= 0.6 is 22.7 Å². The van der Waals surface area contributed by atoms with E-state index in [1.54, 1.807) is 0 Å². The molecule has 0 aromatic carbocycles. The predicted octanol–water partition coefficient (Wildman–Crippen LogP) is 3.45. The molecular weight excluding hydrogens is 274 g/mol. The van der Waals surface area contributed by atoms with Gasteiger partial charge in [-0.3, -0.25) is 0 Å². The lowest BCUT2D eigenvalue weighted by Crippen LogP contribution is -2.37. The van der Waals surface area contributed by atoms with E-state index in [2.05, 4.69) is 40.3 Å². The van der Waals surface area contributed by atoms with Gasteiger partial charge in [0.05, 0.1) is 6.10 Å². The molecule has 0 radical (unpaired) electrons. The van der Waals surface area contributed by atoms with Gasteiger partial charge in [0, 0.05) is 22.2 Å². The number of aliphatic hydroxyl groups excluding tert-OH is 1. The minimum atomic E-state index is -0.0516. The molecule has 2 aromatic heterocycles. The molecule has 1 saturated carbocycles. The van der Waals surface area contributed by atoms with Crippen molar-refractivity contribution in [2.75, 3.05) is 6.54 Å². The summed E-state index contributed by atoms with van der Waals surface area (Å²) in [7, 11) is 0. The molecule has 19 heavy (non-hydrogen) atoms. The van der Waals surface area contributed by atoms with Crippen molar-refractivity contribution in [1.82, 2.24) is 5.32 Å². The molecule has 102 valence electrons. The number of nitrogens with one attached hydrogen (secondary N) is 1. The summed E-state index contributed by atoms with van der Waals surface area (Å²) >= 11 is 3.65. The Labute approximate surface area is 122 Å². The molecule has 0 saturated heterocycles. The Kier molecular flexibility index (Phi) is 4.33. The van der Waals surface area contributed by atoms with Crippen LogP contribution in [0.25, 0.3) is 0 Å².